The Morgan fingerprint density at radius 1 is 1.04 bits per heavy atom. The van der Waals surface area contributed by atoms with Crippen LogP contribution in [0.4, 0.5) is 0 Å². The summed E-state index contributed by atoms with van der Waals surface area (Å²) in [5.41, 5.74) is 3.76. The molecule has 0 saturated carbocycles. The Morgan fingerprint density at radius 2 is 1.92 bits per heavy atom. The zero-order valence-electron chi connectivity index (χ0n) is 13.2. The molecule has 1 aromatic carbocycles. The van der Waals surface area contributed by atoms with Crippen LogP contribution >= 0.6 is 0 Å². The summed E-state index contributed by atoms with van der Waals surface area (Å²) in [6, 6.07) is 10.9. The van der Waals surface area contributed by atoms with Crippen molar-refractivity contribution in [3.63, 3.8) is 0 Å². The van der Waals surface area contributed by atoms with Gasteiger partial charge in [0, 0.05) is 42.5 Å². The average molecular weight is 330 g/mol. The number of benzene rings is 1. The van der Waals surface area contributed by atoms with E-state index in [9.17, 15) is 4.79 Å². The Kier molecular flexibility index (Phi) is 3.92. The SMILES string of the molecule is O=C(NCc1cncc(-c2ccco2)c1)c1ccc2nccnc2c1. The van der Waals surface area contributed by atoms with Crippen molar-refractivity contribution in [2.45, 2.75) is 6.54 Å². The van der Waals surface area contributed by atoms with Crippen LogP contribution in [0, 0.1) is 0 Å². The third-order valence-electron chi connectivity index (χ3n) is 3.79. The van der Waals surface area contributed by atoms with E-state index in [2.05, 4.69) is 20.3 Å². The van der Waals surface area contributed by atoms with Crippen molar-refractivity contribution in [2.24, 2.45) is 0 Å². The molecule has 6 heteroatoms. The second kappa shape index (κ2) is 6.52. The van der Waals surface area contributed by atoms with Crippen LogP contribution in [0.25, 0.3) is 22.4 Å². The number of hydrogen-bond donors (Lipinski definition) is 1. The minimum absolute atomic E-state index is 0.170. The summed E-state index contributed by atoms with van der Waals surface area (Å²) in [6.07, 6.45) is 8.30. The lowest BCUT2D eigenvalue weighted by Gasteiger charge is -2.07. The summed E-state index contributed by atoms with van der Waals surface area (Å²) >= 11 is 0. The number of nitrogens with one attached hydrogen (secondary N) is 1. The van der Waals surface area contributed by atoms with E-state index in [4.69, 9.17) is 4.42 Å². The maximum Gasteiger partial charge on any atom is 0.251 e. The molecule has 3 heterocycles. The zero-order valence-corrected chi connectivity index (χ0v) is 13.2. The predicted molar refractivity (Wildman–Crippen MR) is 92.6 cm³/mol. The van der Waals surface area contributed by atoms with Crippen LogP contribution in [0.5, 0.6) is 0 Å². The van der Waals surface area contributed by atoms with Gasteiger partial charge in [0.05, 0.1) is 17.3 Å². The molecule has 0 spiro atoms. The molecular weight excluding hydrogens is 316 g/mol. The zero-order chi connectivity index (χ0) is 17.1. The van der Waals surface area contributed by atoms with Crippen LogP contribution in [-0.4, -0.2) is 20.9 Å². The van der Waals surface area contributed by atoms with Gasteiger partial charge < -0.3 is 9.73 Å². The van der Waals surface area contributed by atoms with Gasteiger partial charge in [-0.2, -0.15) is 0 Å². The fourth-order valence-electron chi connectivity index (χ4n) is 2.55. The highest BCUT2D eigenvalue weighted by molar-refractivity contribution is 5.97. The highest BCUT2D eigenvalue weighted by Gasteiger charge is 2.08. The number of carbonyl (C=O) groups excluding carboxylic acids is 1. The van der Waals surface area contributed by atoms with Gasteiger partial charge in [0.15, 0.2) is 0 Å². The molecular formula is C19H14N4O2. The largest absolute Gasteiger partial charge is 0.464 e. The van der Waals surface area contributed by atoms with E-state index in [-0.39, 0.29) is 5.91 Å². The first-order chi connectivity index (χ1) is 12.3. The number of rotatable bonds is 4. The molecule has 1 amide bonds. The molecule has 0 atom stereocenters. The first-order valence-corrected chi connectivity index (χ1v) is 7.76. The lowest BCUT2D eigenvalue weighted by molar-refractivity contribution is 0.0951. The Morgan fingerprint density at radius 3 is 2.76 bits per heavy atom. The van der Waals surface area contributed by atoms with Crippen LogP contribution < -0.4 is 5.32 Å². The van der Waals surface area contributed by atoms with Crippen LogP contribution in [0.15, 0.2) is 71.9 Å². The van der Waals surface area contributed by atoms with Gasteiger partial charge in [-0.05, 0) is 42.0 Å². The highest BCUT2D eigenvalue weighted by Crippen LogP contribution is 2.19. The van der Waals surface area contributed by atoms with Crippen molar-refractivity contribution in [2.75, 3.05) is 0 Å². The third kappa shape index (κ3) is 3.23. The summed E-state index contributed by atoms with van der Waals surface area (Å²) in [5.74, 6) is 0.574. The van der Waals surface area contributed by atoms with Gasteiger partial charge in [-0.1, -0.05) is 0 Å². The van der Waals surface area contributed by atoms with E-state index in [0.717, 1.165) is 22.4 Å². The molecule has 0 bridgehead atoms. The van der Waals surface area contributed by atoms with Crippen molar-refractivity contribution in [1.82, 2.24) is 20.3 Å². The minimum Gasteiger partial charge on any atom is -0.464 e. The van der Waals surface area contributed by atoms with Crippen LogP contribution in [0.3, 0.4) is 0 Å². The minimum atomic E-state index is -0.170. The first kappa shape index (κ1) is 15.0. The Hall–Kier alpha value is -3.54. The summed E-state index contributed by atoms with van der Waals surface area (Å²) in [5, 5.41) is 2.89. The third-order valence-corrected chi connectivity index (χ3v) is 3.79. The van der Waals surface area contributed by atoms with Crippen molar-refractivity contribution in [1.29, 1.82) is 0 Å². The molecule has 1 N–H and O–H groups in total. The van der Waals surface area contributed by atoms with Gasteiger partial charge in [-0.3, -0.25) is 19.7 Å². The number of furan rings is 1. The lowest BCUT2D eigenvalue weighted by Crippen LogP contribution is -2.22. The normalized spacial score (nSPS) is 10.7. The smallest absolute Gasteiger partial charge is 0.251 e. The second-order valence-electron chi connectivity index (χ2n) is 5.50. The Balaban J connectivity index is 1.48. The summed E-state index contributed by atoms with van der Waals surface area (Å²) in [4.78, 5) is 25.0. The molecule has 122 valence electrons. The van der Waals surface area contributed by atoms with Crippen LogP contribution in [0.2, 0.25) is 0 Å². The van der Waals surface area contributed by atoms with E-state index < -0.39 is 0 Å². The van der Waals surface area contributed by atoms with E-state index in [0.29, 0.717) is 17.6 Å². The summed E-state index contributed by atoms with van der Waals surface area (Å²) in [6.45, 7) is 0.374. The molecule has 0 unspecified atom stereocenters. The summed E-state index contributed by atoms with van der Waals surface area (Å²) < 4.78 is 5.37. The molecule has 0 fully saturated rings. The number of hydrogen-bond acceptors (Lipinski definition) is 5. The molecule has 0 aliphatic rings. The molecule has 0 saturated heterocycles. The average Bonchev–Trinajstić information content (AvgIpc) is 3.21. The topological polar surface area (TPSA) is 80.9 Å². The molecule has 4 rings (SSSR count). The van der Waals surface area contributed by atoms with E-state index in [1.807, 2.05) is 18.2 Å². The molecule has 0 aliphatic carbocycles. The maximum absolute atomic E-state index is 12.4. The Labute approximate surface area is 143 Å². The molecule has 0 aliphatic heterocycles. The predicted octanol–water partition coefficient (Wildman–Crippen LogP) is 3.21. The van der Waals surface area contributed by atoms with Gasteiger partial charge >= 0.3 is 0 Å². The van der Waals surface area contributed by atoms with Gasteiger partial charge in [-0.15, -0.1) is 0 Å². The molecule has 25 heavy (non-hydrogen) atoms. The number of carbonyl (C=O) groups is 1. The number of amides is 1. The summed E-state index contributed by atoms with van der Waals surface area (Å²) in [7, 11) is 0. The van der Waals surface area contributed by atoms with Gasteiger partial charge in [0.25, 0.3) is 5.91 Å². The van der Waals surface area contributed by atoms with Crippen LogP contribution in [0.1, 0.15) is 15.9 Å². The fourth-order valence-corrected chi connectivity index (χ4v) is 2.55. The van der Waals surface area contributed by atoms with Gasteiger partial charge in [0.1, 0.15) is 5.76 Å². The van der Waals surface area contributed by atoms with E-state index in [1.54, 1.807) is 49.2 Å². The quantitative estimate of drug-likeness (QED) is 0.621. The van der Waals surface area contributed by atoms with E-state index >= 15 is 0 Å². The van der Waals surface area contributed by atoms with Crippen molar-refractivity contribution in [3.05, 3.63) is 78.6 Å². The van der Waals surface area contributed by atoms with Crippen LogP contribution in [-0.2, 0) is 6.54 Å². The fraction of sp³-hybridized carbons (Fsp3) is 0.0526. The van der Waals surface area contributed by atoms with Crippen molar-refractivity contribution in [3.8, 4) is 11.3 Å². The maximum atomic E-state index is 12.4. The number of nitrogens with zero attached hydrogens (tertiary/aromatic N) is 3. The van der Waals surface area contributed by atoms with Crippen molar-refractivity contribution < 1.29 is 9.21 Å². The number of fused-ring (bicyclic) bond motifs is 1. The molecule has 6 nitrogen and oxygen atoms in total. The monoisotopic (exact) mass is 330 g/mol. The number of aromatic nitrogens is 3. The highest BCUT2D eigenvalue weighted by atomic mass is 16.3. The van der Waals surface area contributed by atoms with Gasteiger partial charge in [0.2, 0.25) is 0 Å². The molecule has 3 aromatic heterocycles. The van der Waals surface area contributed by atoms with Gasteiger partial charge in [-0.25, -0.2) is 0 Å². The Bertz CT molecular complexity index is 1030. The standard InChI is InChI=1S/C19H14N4O2/c24-19(14-3-4-16-17(9-14)22-6-5-21-16)23-11-13-8-15(12-20-10-13)18-2-1-7-25-18/h1-10,12H,11H2,(H,23,24). The molecule has 4 aromatic rings. The lowest BCUT2D eigenvalue weighted by atomic mass is 10.1. The first-order valence-electron chi connectivity index (χ1n) is 7.76. The van der Waals surface area contributed by atoms with E-state index in [1.165, 1.54) is 0 Å². The second-order valence-corrected chi connectivity index (χ2v) is 5.50. The number of pyridine rings is 1. The van der Waals surface area contributed by atoms with Crippen molar-refractivity contribution >= 4 is 16.9 Å². The molecule has 0 radical (unpaired) electrons.